The smallest absolute Gasteiger partial charge is 0.238 e. The van der Waals surface area contributed by atoms with Gasteiger partial charge in [-0.15, -0.1) is 0 Å². The van der Waals surface area contributed by atoms with Gasteiger partial charge < -0.3 is 9.80 Å². The van der Waals surface area contributed by atoms with Gasteiger partial charge in [-0.2, -0.15) is 4.31 Å². The Morgan fingerprint density at radius 1 is 1.12 bits per heavy atom. The third-order valence-corrected chi connectivity index (χ3v) is 5.74. The first-order valence-electron chi connectivity index (χ1n) is 8.80. The molecule has 1 aromatic carbocycles. The molecule has 1 amide bonds. The van der Waals surface area contributed by atoms with Crippen molar-refractivity contribution in [1.29, 1.82) is 0 Å². The first-order valence-corrected chi connectivity index (χ1v) is 10.6. The minimum Gasteiger partial charge on any atom is -0.368 e. The molecule has 0 saturated carbocycles. The van der Waals surface area contributed by atoms with Crippen molar-refractivity contribution in [3.63, 3.8) is 0 Å². The molecule has 0 bridgehead atoms. The average Bonchev–Trinajstić information content (AvgIpc) is 2.58. The van der Waals surface area contributed by atoms with Crippen molar-refractivity contribution in [3.05, 3.63) is 30.3 Å². The van der Waals surface area contributed by atoms with Gasteiger partial charge in [0.2, 0.25) is 15.9 Å². The lowest BCUT2D eigenvalue weighted by atomic mass is 10.1. The highest BCUT2D eigenvalue weighted by Crippen LogP contribution is 2.16. The van der Waals surface area contributed by atoms with Crippen molar-refractivity contribution in [2.45, 2.75) is 20.3 Å². The zero-order chi connectivity index (χ0) is 18.4. The molecule has 0 aliphatic carbocycles. The molecule has 140 valence electrons. The van der Waals surface area contributed by atoms with E-state index in [1.54, 1.807) is 4.90 Å². The summed E-state index contributed by atoms with van der Waals surface area (Å²) in [4.78, 5) is 16.6. The summed E-state index contributed by atoms with van der Waals surface area (Å²) >= 11 is 0. The molecule has 1 aliphatic heterocycles. The summed E-state index contributed by atoms with van der Waals surface area (Å²) in [6.45, 7) is 7.20. The van der Waals surface area contributed by atoms with Gasteiger partial charge in [0, 0.05) is 38.4 Å². The van der Waals surface area contributed by atoms with Gasteiger partial charge in [-0.25, -0.2) is 8.42 Å². The van der Waals surface area contributed by atoms with E-state index in [-0.39, 0.29) is 12.5 Å². The van der Waals surface area contributed by atoms with E-state index in [0.717, 1.165) is 25.2 Å². The highest BCUT2D eigenvalue weighted by molar-refractivity contribution is 7.88. The number of benzene rings is 1. The van der Waals surface area contributed by atoms with Crippen LogP contribution in [0.25, 0.3) is 0 Å². The fourth-order valence-corrected chi connectivity index (χ4v) is 3.65. The number of carbonyl (C=O) groups excluding carboxylic acids is 1. The van der Waals surface area contributed by atoms with Crippen molar-refractivity contribution in [3.8, 4) is 0 Å². The summed E-state index contributed by atoms with van der Waals surface area (Å²) in [6.07, 6.45) is 1.93. The molecular formula is C18H29N3O3S. The predicted octanol–water partition coefficient (Wildman–Crippen LogP) is 1.64. The van der Waals surface area contributed by atoms with Crippen LogP contribution in [0.2, 0.25) is 0 Å². The van der Waals surface area contributed by atoms with E-state index >= 15 is 0 Å². The van der Waals surface area contributed by atoms with Crippen LogP contribution in [0.15, 0.2) is 30.3 Å². The number of para-hydroxylation sites is 1. The standard InChI is InChI=1S/C18H29N3O3S/c1-16(2)9-10-21(25(3,23)24)15-18(22)20-13-11-19(12-14-20)17-7-5-4-6-8-17/h4-8,16H,9-15H2,1-3H3. The average molecular weight is 368 g/mol. The van der Waals surface area contributed by atoms with Crippen LogP contribution in [0.5, 0.6) is 0 Å². The normalized spacial score (nSPS) is 15.9. The van der Waals surface area contributed by atoms with Crippen LogP contribution < -0.4 is 4.90 Å². The molecule has 1 fully saturated rings. The van der Waals surface area contributed by atoms with Crippen LogP contribution in [0, 0.1) is 5.92 Å². The van der Waals surface area contributed by atoms with Crippen LogP contribution in [0.4, 0.5) is 5.69 Å². The minimum absolute atomic E-state index is 0.0586. The molecule has 25 heavy (non-hydrogen) atoms. The zero-order valence-corrected chi connectivity index (χ0v) is 16.2. The van der Waals surface area contributed by atoms with E-state index < -0.39 is 10.0 Å². The van der Waals surface area contributed by atoms with E-state index in [1.807, 2.05) is 32.0 Å². The molecular weight excluding hydrogens is 338 g/mol. The van der Waals surface area contributed by atoms with Gasteiger partial charge in [0.05, 0.1) is 12.8 Å². The Labute approximate surface area is 151 Å². The van der Waals surface area contributed by atoms with E-state index in [4.69, 9.17) is 0 Å². The van der Waals surface area contributed by atoms with Crippen LogP contribution >= 0.6 is 0 Å². The highest BCUT2D eigenvalue weighted by Gasteiger charge is 2.26. The molecule has 0 spiro atoms. The molecule has 0 N–H and O–H groups in total. The monoisotopic (exact) mass is 367 g/mol. The fourth-order valence-electron chi connectivity index (χ4n) is 2.87. The van der Waals surface area contributed by atoms with Gasteiger partial charge in [-0.3, -0.25) is 4.79 Å². The second-order valence-electron chi connectivity index (χ2n) is 6.98. The lowest BCUT2D eigenvalue weighted by molar-refractivity contribution is -0.131. The first-order chi connectivity index (χ1) is 11.8. The summed E-state index contributed by atoms with van der Waals surface area (Å²) in [5.74, 6) is 0.288. The summed E-state index contributed by atoms with van der Waals surface area (Å²) < 4.78 is 25.2. The van der Waals surface area contributed by atoms with Crippen LogP contribution in [-0.2, 0) is 14.8 Å². The van der Waals surface area contributed by atoms with E-state index in [0.29, 0.717) is 25.6 Å². The van der Waals surface area contributed by atoms with Crippen molar-refractivity contribution >= 4 is 21.6 Å². The number of carbonyl (C=O) groups is 1. The van der Waals surface area contributed by atoms with Gasteiger partial charge in [0.1, 0.15) is 0 Å². The second-order valence-corrected chi connectivity index (χ2v) is 8.96. The summed E-state index contributed by atoms with van der Waals surface area (Å²) in [6, 6.07) is 10.1. The maximum absolute atomic E-state index is 12.5. The van der Waals surface area contributed by atoms with Crippen LogP contribution in [0.3, 0.4) is 0 Å². The molecule has 7 heteroatoms. The maximum Gasteiger partial charge on any atom is 0.238 e. The van der Waals surface area contributed by atoms with Gasteiger partial charge in [0.25, 0.3) is 0 Å². The van der Waals surface area contributed by atoms with Crippen molar-refractivity contribution in [2.24, 2.45) is 5.92 Å². The van der Waals surface area contributed by atoms with Gasteiger partial charge in [-0.05, 0) is 24.5 Å². The van der Waals surface area contributed by atoms with Crippen molar-refractivity contribution in [2.75, 3.05) is 50.4 Å². The number of hydrogen-bond donors (Lipinski definition) is 0. The molecule has 0 unspecified atom stereocenters. The Morgan fingerprint density at radius 3 is 2.24 bits per heavy atom. The number of piperazine rings is 1. The Kier molecular flexibility index (Phi) is 6.84. The maximum atomic E-state index is 12.5. The second kappa shape index (κ2) is 8.67. The van der Waals surface area contributed by atoms with Crippen molar-refractivity contribution < 1.29 is 13.2 Å². The number of hydrogen-bond acceptors (Lipinski definition) is 4. The van der Waals surface area contributed by atoms with E-state index in [9.17, 15) is 13.2 Å². The largest absolute Gasteiger partial charge is 0.368 e. The first kappa shape index (κ1) is 19.7. The zero-order valence-electron chi connectivity index (χ0n) is 15.4. The topological polar surface area (TPSA) is 60.9 Å². The molecule has 0 aromatic heterocycles. The number of anilines is 1. The molecule has 0 atom stereocenters. The summed E-state index contributed by atoms with van der Waals surface area (Å²) in [5.41, 5.74) is 1.16. The molecule has 6 nitrogen and oxygen atoms in total. The lowest BCUT2D eigenvalue weighted by Crippen LogP contribution is -2.52. The van der Waals surface area contributed by atoms with Crippen molar-refractivity contribution in [1.82, 2.24) is 9.21 Å². The molecule has 1 heterocycles. The quantitative estimate of drug-likeness (QED) is 0.735. The Morgan fingerprint density at radius 2 is 1.72 bits per heavy atom. The molecule has 0 radical (unpaired) electrons. The summed E-state index contributed by atoms with van der Waals surface area (Å²) in [7, 11) is -3.37. The Hall–Kier alpha value is -1.60. The van der Waals surface area contributed by atoms with Gasteiger partial charge >= 0.3 is 0 Å². The number of rotatable bonds is 7. The fraction of sp³-hybridized carbons (Fsp3) is 0.611. The predicted molar refractivity (Wildman–Crippen MR) is 101 cm³/mol. The number of sulfonamides is 1. The third kappa shape index (κ3) is 6.01. The third-order valence-electron chi connectivity index (χ3n) is 4.49. The van der Waals surface area contributed by atoms with Gasteiger partial charge in [-0.1, -0.05) is 32.0 Å². The molecule has 1 aromatic rings. The lowest BCUT2D eigenvalue weighted by Gasteiger charge is -2.36. The van der Waals surface area contributed by atoms with E-state index in [1.165, 1.54) is 10.6 Å². The van der Waals surface area contributed by atoms with Crippen LogP contribution in [0.1, 0.15) is 20.3 Å². The van der Waals surface area contributed by atoms with Gasteiger partial charge in [0.15, 0.2) is 0 Å². The Bertz CT molecular complexity index is 653. The SMILES string of the molecule is CC(C)CCN(CC(=O)N1CCN(c2ccccc2)CC1)S(C)(=O)=O. The Balaban J connectivity index is 1.90. The highest BCUT2D eigenvalue weighted by atomic mass is 32.2. The number of nitrogens with zero attached hydrogens (tertiary/aromatic N) is 3. The minimum atomic E-state index is -3.37. The van der Waals surface area contributed by atoms with E-state index in [2.05, 4.69) is 17.0 Å². The summed E-state index contributed by atoms with van der Waals surface area (Å²) in [5, 5.41) is 0. The molecule has 1 aliphatic rings. The molecule has 1 saturated heterocycles. The van der Waals surface area contributed by atoms with Crippen LogP contribution in [-0.4, -0.2) is 69.1 Å². The molecule has 2 rings (SSSR count). The number of amides is 1.